The van der Waals surface area contributed by atoms with Crippen LogP contribution in [0.1, 0.15) is 118 Å². The summed E-state index contributed by atoms with van der Waals surface area (Å²) in [6.07, 6.45) is 11.3. The Bertz CT molecular complexity index is 1430. The Morgan fingerprint density at radius 3 is 2.79 bits per heavy atom. The largest absolute Gasteiger partial charge is 0.398 e. The maximum Gasteiger partial charge on any atom is 0.135 e. The summed E-state index contributed by atoms with van der Waals surface area (Å²) < 4.78 is 14.5. The van der Waals surface area contributed by atoms with E-state index < -0.39 is 6.17 Å². The van der Waals surface area contributed by atoms with Crippen LogP contribution in [0.15, 0.2) is 12.1 Å². The van der Waals surface area contributed by atoms with E-state index in [0.717, 1.165) is 89.1 Å². The normalized spacial score (nSPS) is 31.4. The number of fused-ring (bicyclic) bond motifs is 4. The Hall–Kier alpha value is -2.72. The molecule has 1 aromatic heterocycles. The molecule has 42 heavy (non-hydrogen) atoms. The van der Waals surface area contributed by atoms with Gasteiger partial charge in [-0.2, -0.15) is 5.26 Å². The molecule has 2 N–H and O–H groups in total. The Kier molecular flexibility index (Phi) is 6.81. The first-order valence-corrected chi connectivity index (χ1v) is 16.5. The summed E-state index contributed by atoms with van der Waals surface area (Å²) in [4.78, 5) is 15.5. The van der Waals surface area contributed by atoms with Gasteiger partial charge in [0.25, 0.3) is 0 Å². The third-order valence-corrected chi connectivity index (χ3v) is 11.8. The molecule has 2 aliphatic carbocycles. The second-order valence-corrected chi connectivity index (χ2v) is 14.9. The van der Waals surface area contributed by atoms with Gasteiger partial charge in [0.05, 0.1) is 11.3 Å². The van der Waals surface area contributed by atoms with Gasteiger partial charge in [-0.15, -0.1) is 0 Å². The smallest absolute Gasteiger partial charge is 0.135 e. The molecule has 3 aliphatic heterocycles. The third kappa shape index (κ3) is 4.43. The average Bonchev–Trinajstić information content (AvgIpc) is 3.48. The predicted molar refractivity (Wildman–Crippen MR) is 166 cm³/mol. The quantitative estimate of drug-likeness (QED) is 0.405. The van der Waals surface area contributed by atoms with Crippen LogP contribution in [0.25, 0.3) is 0 Å². The van der Waals surface area contributed by atoms with Gasteiger partial charge in [0.1, 0.15) is 23.9 Å². The molecule has 6 nitrogen and oxygen atoms in total. The molecule has 0 bridgehead atoms. The highest BCUT2D eigenvalue weighted by Crippen LogP contribution is 2.53. The number of anilines is 2. The number of benzene rings is 1. The van der Waals surface area contributed by atoms with Crippen molar-refractivity contribution < 1.29 is 4.39 Å². The van der Waals surface area contributed by atoms with Crippen LogP contribution in [0.5, 0.6) is 0 Å². The molecule has 1 aromatic carbocycles. The molecule has 7 rings (SSSR count). The highest BCUT2D eigenvalue weighted by atomic mass is 19.1. The number of hydrogen-bond acceptors (Lipinski definition) is 6. The van der Waals surface area contributed by atoms with Gasteiger partial charge in [0.15, 0.2) is 0 Å². The maximum absolute atomic E-state index is 14.5. The molecule has 4 heterocycles. The highest BCUT2D eigenvalue weighted by Gasteiger charge is 2.49. The summed E-state index contributed by atoms with van der Waals surface area (Å²) >= 11 is 0. The molecule has 0 saturated carbocycles. The van der Waals surface area contributed by atoms with Crippen molar-refractivity contribution in [3.05, 3.63) is 45.9 Å². The molecular weight excluding hydrogens is 523 g/mol. The Balaban J connectivity index is 1.26. The van der Waals surface area contributed by atoms with E-state index in [1.165, 1.54) is 35.2 Å². The number of nitrogen functional groups attached to an aromatic ring is 1. The van der Waals surface area contributed by atoms with E-state index in [0.29, 0.717) is 35.5 Å². The van der Waals surface area contributed by atoms with Crippen LogP contribution in [0.4, 0.5) is 15.9 Å². The van der Waals surface area contributed by atoms with Crippen molar-refractivity contribution in [2.24, 2.45) is 5.41 Å². The second-order valence-electron chi connectivity index (χ2n) is 14.9. The minimum absolute atomic E-state index is 0.0197. The summed E-state index contributed by atoms with van der Waals surface area (Å²) in [6, 6.07) is 6.59. The molecule has 5 aliphatic rings. The Morgan fingerprint density at radius 1 is 1.17 bits per heavy atom. The lowest BCUT2D eigenvalue weighted by molar-refractivity contribution is 0.181. The minimum Gasteiger partial charge on any atom is -0.398 e. The standard InChI is InChI=1S/C35H47FN6/c1-4-11-33(3)21-41(22-33)32-26-9-14-34(13-8-23(2)25-6-7-28(38)27(19-37)31(25)34)18-29(26)39-30(40-32)10-15-35-12-5-16-42(35)20-24(36)17-35/h6-7,23-24H,4-5,8-18,20-22,38H2,1-3H3. The molecule has 4 atom stereocenters. The van der Waals surface area contributed by atoms with Crippen molar-refractivity contribution in [3.63, 3.8) is 0 Å². The van der Waals surface area contributed by atoms with Crippen LogP contribution >= 0.6 is 0 Å². The summed E-state index contributed by atoms with van der Waals surface area (Å²) in [5, 5.41) is 10.2. The first kappa shape index (κ1) is 28.1. The lowest BCUT2D eigenvalue weighted by Gasteiger charge is -2.51. The first-order valence-electron chi connectivity index (χ1n) is 16.5. The van der Waals surface area contributed by atoms with Gasteiger partial charge in [-0.25, -0.2) is 14.4 Å². The van der Waals surface area contributed by atoms with E-state index in [1.807, 2.05) is 6.07 Å². The average molecular weight is 571 g/mol. The summed E-state index contributed by atoms with van der Waals surface area (Å²) in [6.45, 7) is 10.7. The maximum atomic E-state index is 14.5. The molecule has 0 amide bonds. The zero-order chi connectivity index (χ0) is 29.3. The summed E-state index contributed by atoms with van der Waals surface area (Å²) in [5.41, 5.74) is 12.9. The molecule has 3 saturated heterocycles. The van der Waals surface area contributed by atoms with Gasteiger partial charge in [-0.1, -0.05) is 33.3 Å². The topological polar surface area (TPSA) is 82.1 Å². The van der Waals surface area contributed by atoms with Gasteiger partial charge >= 0.3 is 0 Å². The van der Waals surface area contributed by atoms with Gasteiger partial charge in [-0.05, 0) is 93.9 Å². The number of halogens is 1. The van der Waals surface area contributed by atoms with Crippen molar-refractivity contribution in [3.8, 4) is 6.07 Å². The number of nitrogens with zero attached hydrogens (tertiary/aromatic N) is 5. The van der Waals surface area contributed by atoms with Crippen molar-refractivity contribution in [1.29, 1.82) is 5.26 Å². The van der Waals surface area contributed by atoms with Crippen LogP contribution < -0.4 is 10.6 Å². The third-order valence-electron chi connectivity index (χ3n) is 11.8. The van der Waals surface area contributed by atoms with Crippen molar-refractivity contribution in [2.75, 3.05) is 36.8 Å². The number of aryl methyl sites for hydroxylation is 1. The Morgan fingerprint density at radius 2 is 2.00 bits per heavy atom. The monoisotopic (exact) mass is 570 g/mol. The number of nitriles is 1. The van der Waals surface area contributed by atoms with Crippen molar-refractivity contribution in [1.82, 2.24) is 14.9 Å². The molecule has 4 unspecified atom stereocenters. The molecule has 0 radical (unpaired) electrons. The van der Waals surface area contributed by atoms with Gasteiger partial charge in [0, 0.05) is 53.7 Å². The highest BCUT2D eigenvalue weighted by molar-refractivity contribution is 5.65. The van der Waals surface area contributed by atoms with Crippen LogP contribution in [0, 0.1) is 16.7 Å². The molecule has 2 aromatic rings. The summed E-state index contributed by atoms with van der Waals surface area (Å²) in [7, 11) is 0. The Labute approximate surface area is 250 Å². The zero-order valence-electron chi connectivity index (χ0n) is 25.8. The van der Waals surface area contributed by atoms with Gasteiger partial charge < -0.3 is 10.6 Å². The van der Waals surface area contributed by atoms with Crippen LogP contribution in [-0.2, 0) is 24.7 Å². The summed E-state index contributed by atoms with van der Waals surface area (Å²) in [5.74, 6) is 2.49. The first-order chi connectivity index (χ1) is 20.2. The molecule has 3 fully saturated rings. The minimum atomic E-state index is -0.710. The van der Waals surface area contributed by atoms with E-state index in [9.17, 15) is 9.65 Å². The number of rotatable bonds is 6. The van der Waals surface area contributed by atoms with Crippen molar-refractivity contribution >= 4 is 11.5 Å². The van der Waals surface area contributed by atoms with Crippen LogP contribution in [0.3, 0.4) is 0 Å². The number of alkyl halides is 1. The number of hydrogen-bond donors (Lipinski definition) is 1. The molecular formula is C35H47FN6. The number of aromatic nitrogens is 2. The molecule has 1 spiro atoms. The van der Waals surface area contributed by atoms with E-state index in [2.05, 4.69) is 42.7 Å². The lowest BCUT2D eigenvalue weighted by Crippen LogP contribution is -2.55. The fraction of sp³-hybridized carbons (Fsp3) is 0.686. The fourth-order valence-corrected chi connectivity index (χ4v) is 9.80. The molecule has 7 heteroatoms. The second kappa shape index (κ2) is 10.2. The SMILES string of the molecule is CCCC1(C)CN(c2nc(CCC34CCCN3CC(F)C4)nc3c2CCC2(CCC(C)c4ccc(N)c(C#N)c42)C3)C1. The van der Waals surface area contributed by atoms with E-state index in [4.69, 9.17) is 15.7 Å². The fourth-order valence-electron chi connectivity index (χ4n) is 9.80. The zero-order valence-corrected chi connectivity index (χ0v) is 25.8. The van der Waals surface area contributed by atoms with E-state index in [-0.39, 0.29) is 11.0 Å². The van der Waals surface area contributed by atoms with Gasteiger partial charge in [-0.3, -0.25) is 4.90 Å². The number of nitrogens with two attached hydrogens (primary N) is 1. The predicted octanol–water partition coefficient (Wildman–Crippen LogP) is 6.39. The lowest BCUT2D eigenvalue weighted by atomic mass is 9.59. The van der Waals surface area contributed by atoms with Crippen molar-refractivity contribution in [2.45, 2.75) is 121 Å². The molecule has 224 valence electrons. The van der Waals surface area contributed by atoms with E-state index >= 15 is 0 Å². The van der Waals surface area contributed by atoms with Gasteiger partial charge in [0.2, 0.25) is 0 Å². The van der Waals surface area contributed by atoms with E-state index in [1.54, 1.807) is 0 Å². The van der Waals surface area contributed by atoms with Crippen LogP contribution in [-0.4, -0.2) is 52.8 Å². The van der Waals surface area contributed by atoms with Crippen LogP contribution in [0.2, 0.25) is 0 Å².